The number of ether oxygens (including phenoxy) is 1. The lowest BCUT2D eigenvalue weighted by molar-refractivity contribution is 0.245. The summed E-state index contributed by atoms with van der Waals surface area (Å²) in [7, 11) is 0. The molecule has 1 heterocycles. The fourth-order valence-corrected chi connectivity index (χ4v) is 2.44. The van der Waals surface area contributed by atoms with Crippen LogP contribution in [0.2, 0.25) is 0 Å². The van der Waals surface area contributed by atoms with E-state index in [1.54, 1.807) is 0 Å². The molecule has 19 heavy (non-hydrogen) atoms. The topological polar surface area (TPSA) is 12.5 Å². The third-order valence-corrected chi connectivity index (χ3v) is 3.53. The van der Waals surface area contributed by atoms with E-state index in [2.05, 4.69) is 12.1 Å². The summed E-state index contributed by atoms with van der Waals surface area (Å²) >= 11 is 0. The first kappa shape index (κ1) is 12.4. The first-order valence-electron chi connectivity index (χ1n) is 6.70. The highest BCUT2D eigenvalue weighted by Gasteiger charge is 2.44. The van der Waals surface area contributed by atoms with Crippen LogP contribution in [0.5, 0.6) is 0 Å². The lowest BCUT2D eigenvalue weighted by Gasteiger charge is -2.05. The molecule has 1 aliphatic rings. The average Bonchev–Trinajstić information content (AvgIpc) is 3.20. The van der Waals surface area contributed by atoms with Gasteiger partial charge in [0.1, 0.15) is 12.3 Å². The highest BCUT2D eigenvalue weighted by molar-refractivity contribution is 5.19. The van der Waals surface area contributed by atoms with E-state index in [0.29, 0.717) is 6.42 Å². The largest absolute Gasteiger partial charge is 0.366 e. The molecule has 98 valence electrons. The Morgan fingerprint density at radius 1 is 0.895 bits per heavy atom. The summed E-state index contributed by atoms with van der Waals surface area (Å²) in [5.41, 5.74) is 2.24. The summed E-state index contributed by atoms with van der Waals surface area (Å²) in [6.45, 7) is 0. The molecule has 3 rings (SSSR count). The van der Waals surface area contributed by atoms with Crippen molar-refractivity contribution in [2.75, 3.05) is 0 Å². The highest BCUT2D eigenvalue weighted by atomic mass is 19.1. The van der Waals surface area contributed by atoms with Crippen LogP contribution in [0.25, 0.3) is 0 Å². The van der Waals surface area contributed by atoms with E-state index < -0.39 is 6.17 Å². The van der Waals surface area contributed by atoms with Crippen molar-refractivity contribution in [2.45, 2.75) is 31.2 Å². The Labute approximate surface area is 113 Å². The van der Waals surface area contributed by atoms with Crippen LogP contribution in [0.4, 0.5) is 4.39 Å². The first-order chi connectivity index (χ1) is 9.33. The molecule has 2 aromatic rings. The van der Waals surface area contributed by atoms with Crippen molar-refractivity contribution >= 4 is 0 Å². The molecule has 0 aromatic heterocycles. The zero-order valence-electron chi connectivity index (χ0n) is 10.7. The number of rotatable bonds is 5. The molecule has 1 nitrogen and oxygen atoms in total. The zero-order chi connectivity index (χ0) is 13.1. The van der Waals surface area contributed by atoms with Gasteiger partial charge in [-0.1, -0.05) is 60.7 Å². The number of hydrogen-bond donors (Lipinski definition) is 0. The van der Waals surface area contributed by atoms with Gasteiger partial charge in [-0.05, 0) is 11.1 Å². The number of hydrogen-bond acceptors (Lipinski definition) is 1. The SMILES string of the molecule is FC(Cc1ccccc1)C1OC1Cc1ccccc1. The Morgan fingerprint density at radius 3 is 2.11 bits per heavy atom. The van der Waals surface area contributed by atoms with Crippen molar-refractivity contribution in [3.05, 3.63) is 71.8 Å². The molecule has 0 saturated carbocycles. The van der Waals surface area contributed by atoms with E-state index in [1.807, 2.05) is 48.5 Å². The van der Waals surface area contributed by atoms with E-state index in [-0.39, 0.29) is 12.2 Å². The Bertz CT molecular complexity index is 511. The lowest BCUT2D eigenvalue weighted by Crippen LogP contribution is -2.15. The molecular formula is C17H17FO. The van der Waals surface area contributed by atoms with Gasteiger partial charge in [-0.3, -0.25) is 0 Å². The van der Waals surface area contributed by atoms with Gasteiger partial charge >= 0.3 is 0 Å². The summed E-state index contributed by atoms with van der Waals surface area (Å²) in [6, 6.07) is 19.9. The highest BCUT2D eigenvalue weighted by Crippen LogP contribution is 2.31. The van der Waals surface area contributed by atoms with Gasteiger partial charge in [-0.25, -0.2) is 4.39 Å². The van der Waals surface area contributed by atoms with Crippen LogP contribution in [-0.2, 0) is 17.6 Å². The Balaban J connectivity index is 1.52. The van der Waals surface area contributed by atoms with Crippen LogP contribution in [0, 0.1) is 0 Å². The van der Waals surface area contributed by atoms with E-state index >= 15 is 0 Å². The monoisotopic (exact) mass is 256 g/mol. The Morgan fingerprint density at radius 2 is 1.47 bits per heavy atom. The summed E-state index contributed by atoms with van der Waals surface area (Å²) < 4.78 is 19.6. The third kappa shape index (κ3) is 3.21. The summed E-state index contributed by atoms with van der Waals surface area (Å²) in [4.78, 5) is 0. The van der Waals surface area contributed by atoms with E-state index in [1.165, 1.54) is 5.56 Å². The Hall–Kier alpha value is -1.67. The quantitative estimate of drug-likeness (QED) is 0.745. The molecule has 1 aliphatic heterocycles. The van der Waals surface area contributed by atoms with Gasteiger partial charge in [0.05, 0.1) is 6.10 Å². The zero-order valence-corrected chi connectivity index (χ0v) is 10.7. The molecule has 0 bridgehead atoms. The first-order valence-corrected chi connectivity index (χ1v) is 6.70. The van der Waals surface area contributed by atoms with Crippen LogP contribution < -0.4 is 0 Å². The number of benzene rings is 2. The molecule has 2 aromatic carbocycles. The normalized spacial score (nSPS) is 23.0. The average molecular weight is 256 g/mol. The smallest absolute Gasteiger partial charge is 0.133 e. The molecule has 0 amide bonds. The van der Waals surface area contributed by atoms with Crippen LogP contribution in [0.3, 0.4) is 0 Å². The van der Waals surface area contributed by atoms with Gasteiger partial charge in [-0.15, -0.1) is 0 Å². The Kier molecular flexibility index (Phi) is 3.60. The van der Waals surface area contributed by atoms with Crippen LogP contribution in [0.1, 0.15) is 11.1 Å². The van der Waals surface area contributed by atoms with Gasteiger partial charge in [-0.2, -0.15) is 0 Å². The van der Waals surface area contributed by atoms with E-state index in [0.717, 1.165) is 12.0 Å². The summed E-state index contributed by atoms with van der Waals surface area (Å²) in [6.07, 6.45) is 0.148. The van der Waals surface area contributed by atoms with Crippen molar-refractivity contribution < 1.29 is 9.13 Å². The lowest BCUT2D eigenvalue weighted by atomic mass is 10.0. The van der Waals surface area contributed by atoms with Gasteiger partial charge in [0.2, 0.25) is 0 Å². The van der Waals surface area contributed by atoms with Crippen molar-refractivity contribution in [2.24, 2.45) is 0 Å². The number of halogens is 1. The minimum absolute atomic E-state index is 0.0427. The molecule has 0 aliphatic carbocycles. The molecule has 3 unspecified atom stereocenters. The maximum atomic E-state index is 14.1. The summed E-state index contributed by atoms with van der Waals surface area (Å²) in [5, 5.41) is 0. The van der Waals surface area contributed by atoms with Crippen molar-refractivity contribution in [1.29, 1.82) is 0 Å². The molecular weight excluding hydrogens is 239 g/mol. The number of alkyl halides is 1. The second-order valence-electron chi connectivity index (χ2n) is 5.03. The van der Waals surface area contributed by atoms with Crippen LogP contribution in [0.15, 0.2) is 60.7 Å². The fourth-order valence-electron chi connectivity index (χ4n) is 2.44. The number of epoxide rings is 1. The second kappa shape index (κ2) is 5.54. The van der Waals surface area contributed by atoms with Gasteiger partial charge in [0.25, 0.3) is 0 Å². The third-order valence-electron chi connectivity index (χ3n) is 3.53. The minimum atomic E-state index is -0.906. The van der Waals surface area contributed by atoms with Gasteiger partial charge in [0, 0.05) is 12.8 Å². The maximum absolute atomic E-state index is 14.1. The minimum Gasteiger partial charge on any atom is -0.366 e. The van der Waals surface area contributed by atoms with Crippen molar-refractivity contribution in [3.63, 3.8) is 0 Å². The maximum Gasteiger partial charge on any atom is 0.133 e. The molecule has 2 heteroatoms. The molecule has 0 N–H and O–H groups in total. The fraction of sp³-hybridized carbons (Fsp3) is 0.294. The molecule has 0 radical (unpaired) electrons. The van der Waals surface area contributed by atoms with E-state index in [9.17, 15) is 4.39 Å². The second-order valence-corrected chi connectivity index (χ2v) is 5.03. The van der Waals surface area contributed by atoms with Crippen molar-refractivity contribution in [1.82, 2.24) is 0 Å². The molecule has 3 atom stereocenters. The van der Waals surface area contributed by atoms with Gasteiger partial charge < -0.3 is 4.74 Å². The molecule has 1 fully saturated rings. The molecule has 1 saturated heterocycles. The van der Waals surface area contributed by atoms with Crippen LogP contribution in [-0.4, -0.2) is 18.4 Å². The van der Waals surface area contributed by atoms with Gasteiger partial charge in [0.15, 0.2) is 0 Å². The van der Waals surface area contributed by atoms with Crippen LogP contribution >= 0.6 is 0 Å². The summed E-state index contributed by atoms with van der Waals surface area (Å²) in [5.74, 6) is 0. The van der Waals surface area contributed by atoms with E-state index in [4.69, 9.17) is 4.74 Å². The predicted octanol–water partition coefficient (Wildman–Crippen LogP) is 3.58. The van der Waals surface area contributed by atoms with Crippen molar-refractivity contribution in [3.8, 4) is 0 Å². The standard InChI is InChI=1S/C17H17FO/c18-15(11-13-7-3-1-4-8-13)17-16(19-17)12-14-9-5-2-6-10-14/h1-10,15-17H,11-12H2. The predicted molar refractivity (Wildman–Crippen MR) is 73.8 cm³/mol. The molecule has 0 spiro atoms.